The maximum atomic E-state index is 10.6. The molecule has 2 N–H and O–H groups in total. The molecule has 0 radical (unpaired) electrons. The SMILES string of the molecule is CCC(CC(=O)O)Nc1ccnc(C)n1. The van der Waals surface area contributed by atoms with Crippen LogP contribution in [0.3, 0.4) is 0 Å². The number of rotatable bonds is 5. The van der Waals surface area contributed by atoms with Crippen LogP contribution in [0, 0.1) is 6.92 Å². The standard InChI is InChI=1S/C10H15N3O2/c1-3-8(6-10(14)15)13-9-4-5-11-7(2)12-9/h4-5,8H,3,6H2,1-2H3,(H,14,15)(H,11,12,13). The van der Waals surface area contributed by atoms with E-state index in [9.17, 15) is 4.79 Å². The molecule has 1 unspecified atom stereocenters. The van der Waals surface area contributed by atoms with Crippen molar-refractivity contribution in [2.24, 2.45) is 0 Å². The van der Waals surface area contributed by atoms with Gasteiger partial charge >= 0.3 is 5.97 Å². The van der Waals surface area contributed by atoms with Gasteiger partial charge in [0.1, 0.15) is 11.6 Å². The third-order valence-corrected chi connectivity index (χ3v) is 2.04. The number of carboxylic acids is 1. The van der Waals surface area contributed by atoms with Crippen molar-refractivity contribution in [1.82, 2.24) is 9.97 Å². The van der Waals surface area contributed by atoms with E-state index in [1.54, 1.807) is 19.2 Å². The van der Waals surface area contributed by atoms with Gasteiger partial charge in [0.25, 0.3) is 0 Å². The van der Waals surface area contributed by atoms with Crippen molar-refractivity contribution in [2.45, 2.75) is 32.7 Å². The van der Waals surface area contributed by atoms with Crippen molar-refractivity contribution >= 4 is 11.8 Å². The van der Waals surface area contributed by atoms with Crippen LogP contribution in [0.1, 0.15) is 25.6 Å². The van der Waals surface area contributed by atoms with Gasteiger partial charge in [0, 0.05) is 12.2 Å². The first-order chi connectivity index (χ1) is 7.11. The zero-order valence-electron chi connectivity index (χ0n) is 8.90. The van der Waals surface area contributed by atoms with Crippen molar-refractivity contribution in [3.05, 3.63) is 18.1 Å². The normalized spacial score (nSPS) is 12.1. The lowest BCUT2D eigenvalue weighted by Crippen LogP contribution is -2.22. The number of anilines is 1. The largest absolute Gasteiger partial charge is 0.481 e. The third-order valence-electron chi connectivity index (χ3n) is 2.04. The summed E-state index contributed by atoms with van der Waals surface area (Å²) in [6.45, 7) is 3.73. The van der Waals surface area contributed by atoms with Crippen molar-refractivity contribution in [3.63, 3.8) is 0 Å². The second-order valence-corrected chi connectivity index (χ2v) is 3.34. The molecule has 0 amide bonds. The minimum Gasteiger partial charge on any atom is -0.481 e. The van der Waals surface area contributed by atoms with Crippen molar-refractivity contribution in [1.29, 1.82) is 0 Å². The molecule has 1 atom stereocenters. The number of aryl methyl sites for hydroxylation is 1. The van der Waals surface area contributed by atoms with Crippen LogP contribution >= 0.6 is 0 Å². The van der Waals surface area contributed by atoms with E-state index in [4.69, 9.17) is 5.11 Å². The zero-order valence-corrected chi connectivity index (χ0v) is 8.90. The van der Waals surface area contributed by atoms with Gasteiger partial charge in [-0.05, 0) is 19.4 Å². The number of hydrogen-bond acceptors (Lipinski definition) is 4. The number of aliphatic carboxylic acids is 1. The Hall–Kier alpha value is -1.65. The fourth-order valence-corrected chi connectivity index (χ4v) is 1.25. The highest BCUT2D eigenvalue weighted by molar-refractivity contribution is 5.68. The lowest BCUT2D eigenvalue weighted by molar-refractivity contribution is -0.137. The first-order valence-corrected chi connectivity index (χ1v) is 4.89. The Kier molecular flexibility index (Phi) is 4.03. The molecule has 0 aliphatic carbocycles. The molecule has 0 aliphatic heterocycles. The Morgan fingerprint density at radius 1 is 1.67 bits per heavy atom. The molecule has 0 aliphatic rings. The van der Waals surface area contributed by atoms with Gasteiger partial charge in [0.15, 0.2) is 0 Å². The molecule has 1 aromatic rings. The highest BCUT2D eigenvalue weighted by atomic mass is 16.4. The monoisotopic (exact) mass is 209 g/mol. The molecule has 1 aromatic heterocycles. The summed E-state index contributed by atoms with van der Waals surface area (Å²) in [4.78, 5) is 18.7. The van der Waals surface area contributed by atoms with E-state index < -0.39 is 5.97 Å². The van der Waals surface area contributed by atoms with Crippen molar-refractivity contribution in [2.75, 3.05) is 5.32 Å². The molecule has 0 spiro atoms. The van der Waals surface area contributed by atoms with Gasteiger partial charge in [-0.2, -0.15) is 0 Å². The Morgan fingerprint density at radius 2 is 2.40 bits per heavy atom. The van der Waals surface area contributed by atoms with Crippen LogP contribution in [0.5, 0.6) is 0 Å². The molecule has 15 heavy (non-hydrogen) atoms. The van der Waals surface area contributed by atoms with Crippen LogP contribution in [-0.4, -0.2) is 27.1 Å². The number of aromatic nitrogens is 2. The molecular formula is C10H15N3O2. The summed E-state index contributed by atoms with van der Waals surface area (Å²) < 4.78 is 0. The lowest BCUT2D eigenvalue weighted by Gasteiger charge is -2.15. The number of carbonyl (C=O) groups is 1. The molecule has 0 fully saturated rings. The Bertz CT molecular complexity index is 341. The fraction of sp³-hybridized carbons (Fsp3) is 0.500. The van der Waals surface area contributed by atoms with E-state index in [-0.39, 0.29) is 12.5 Å². The predicted octanol–water partition coefficient (Wildman–Crippen LogP) is 1.45. The fourth-order valence-electron chi connectivity index (χ4n) is 1.25. The molecule has 1 heterocycles. The topological polar surface area (TPSA) is 75.1 Å². The first-order valence-electron chi connectivity index (χ1n) is 4.89. The van der Waals surface area contributed by atoms with Gasteiger partial charge < -0.3 is 10.4 Å². The highest BCUT2D eigenvalue weighted by Gasteiger charge is 2.11. The number of nitrogens with zero attached hydrogens (tertiary/aromatic N) is 2. The lowest BCUT2D eigenvalue weighted by atomic mass is 10.1. The average molecular weight is 209 g/mol. The molecule has 82 valence electrons. The summed E-state index contributed by atoms with van der Waals surface area (Å²) in [6.07, 6.45) is 2.49. The maximum absolute atomic E-state index is 10.6. The molecule has 0 saturated heterocycles. The van der Waals surface area contributed by atoms with E-state index in [0.29, 0.717) is 11.6 Å². The molecular weight excluding hydrogens is 194 g/mol. The summed E-state index contributed by atoms with van der Waals surface area (Å²) >= 11 is 0. The summed E-state index contributed by atoms with van der Waals surface area (Å²) in [5, 5.41) is 11.7. The number of hydrogen-bond donors (Lipinski definition) is 2. The Morgan fingerprint density at radius 3 is 2.93 bits per heavy atom. The molecule has 5 heteroatoms. The van der Waals surface area contributed by atoms with Crippen LogP contribution in [0.4, 0.5) is 5.82 Å². The summed E-state index contributed by atoms with van der Waals surface area (Å²) in [5.41, 5.74) is 0. The first kappa shape index (κ1) is 11.4. The van der Waals surface area contributed by atoms with Gasteiger partial charge in [0.2, 0.25) is 0 Å². The van der Waals surface area contributed by atoms with Gasteiger partial charge in [-0.3, -0.25) is 4.79 Å². The second-order valence-electron chi connectivity index (χ2n) is 3.34. The summed E-state index contributed by atoms with van der Waals surface area (Å²) in [5.74, 6) is 0.543. The molecule has 0 saturated carbocycles. The molecule has 0 bridgehead atoms. The van der Waals surface area contributed by atoms with Crippen LogP contribution < -0.4 is 5.32 Å². The average Bonchev–Trinajstić information content (AvgIpc) is 2.16. The smallest absolute Gasteiger partial charge is 0.305 e. The summed E-state index contributed by atoms with van der Waals surface area (Å²) in [6, 6.07) is 1.65. The maximum Gasteiger partial charge on any atom is 0.305 e. The molecule has 1 rings (SSSR count). The number of carboxylic acid groups (broad SMARTS) is 1. The highest BCUT2D eigenvalue weighted by Crippen LogP contribution is 2.08. The van der Waals surface area contributed by atoms with Gasteiger partial charge in [-0.15, -0.1) is 0 Å². The molecule has 5 nitrogen and oxygen atoms in total. The Balaban J connectivity index is 2.62. The van der Waals surface area contributed by atoms with Crippen LogP contribution in [0.15, 0.2) is 12.3 Å². The van der Waals surface area contributed by atoms with Crippen LogP contribution in [-0.2, 0) is 4.79 Å². The predicted molar refractivity (Wildman–Crippen MR) is 56.7 cm³/mol. The minimum atomic E-state index is -0.805. The molecule has 0 aromatic carbocycles. The van der Waals surface area contributed by atoms with Gasteiger partial charge in [-0.1, -0.05) is 6.92 Å². The zero-order chi connectivity index (χ0) is 11.3. The van der Waals surface area contributed by atoms with E-state index in [2.05, 4.69) is 15.3 Å². The quantitative estimate of drug-likeness (QED) is 0.767. The Labute approximate surface area is 88.6 Å². The van der Waals surface area contributed by atoms with Gasteiger partial charge in [-0.25, -0.2) is 9.97 Å². The van der Waals surface area contributed by atoms with E-state index >= 15 is 0 Å². The van der Waals surface area contributed by atoms with Gasteiger partial charge in [0.05, 0.1) is 6.42 Å². The van der Waals surface area contributed by atoms with Crippen molar-refractivity contribution in [3.8, 4) is 0 Å². The van der Waals surface area contributed by atoms with Crippen LogP contribution in [0.25, 0.3) is 0 Å². The van der Waals surface area contributed by atoms with E-state index in [0.717, 1.165) is 6.42 Å². The second kappa shape index (κ2) is 5.29. The van der Waals surface area contributed by atoms with E-state index in [1.807, 2.05) is 6.92 Å². The van der Waals surface area contributed by atoms with Crippen molar-refractivity contribution < 1.29 is 9.90 Å². The van der Waals surface area contributed by atoms with Crippen LogP contribution in [0.2, 0.25) is 0 Å². The van der Waals surface area contributed by atoms with E-state index in [1.165, 1.54) is 0 Å². The minimum absolute atomic E-state index is 0.0863. The third kappa shape index (κ3) is 3.93. The number of nitrogens with one attached hydrogen (secondary N) is 1. The summed E-state index contributed by atoms with van der Waals surface area (Å²) in [7, 11) is 0.